The number of rotatable bonds is 4. The molecule has 4 heterocycles. The van der Waals surface area contributed by atoms with Crippen molar-refractivity contribution in [2.24, 2.45) is 0 Å². The van der Waals surface area contributed by atoms with Crippen LogP contribution in [-0.4, -0.2) is 49.6 Å². The van der Waals surface area contributed by atoms with Gasteiger partial charge in [-0.15, -0.1) is 0 Å². The second-order valence-electron chi connectivity index (χ2n) is 8.13. The molecule has 1 saturated heterocycles. The second kappa shape index (κ2) is 9.57. The minimum Gasteiger partial charge on any atom is -0.330 e. The van der Waals surface area contributed by atoms with Crippen molar-refractivity contribution >= 4 is 40.1 Å². The van der Waals surface area contributed by atoms with Crippen LogP contribution in [0.25, 0.3) is 22.2 Å². The van der Waals surface area contributed by atoms with Gasteiger partial charge in [0.15, 0.2) is 0 Å². The lowest BCUT2D eigenvalue weighted by Gasteiger charge is -2.14. The van der Waals surface area contributed by atoms with Crippen LogP contribution in [0, 0.1) is 11.8 Å². The van der Waals surface area contributed by atoms with Gasteiger partial charge in [-0.05, 0) is 43.5 Å². The van der Waals surface area contributed by atoms with Crippen LogP contribution in [0.15, 0.2) is 61.1 Å². The van der Waals surface area contributed by atoms with Gasteiger partial charge < -0.3 is 10.2 Å². The minimum atomic E-state index is -0.249. The highest BCUT2D eigenvalue weighted by molar-refractivity contribution is 6.35. The molecular weight excluding hydrogens is 464 g/mol. The molecule has 1 fully saturated rings. The highest BCUT2D eigenvalue weighted by Crippen LogP contribution is 2.35. The van der Waals surface area contributed by atoms with Crippen molar-refractivity contribution in [2.75, 3.05) is 18.4 Å². The summed E-state index contributed by atoms with van der Waals surface area (Å²) in [6.07, 6.45) is 5.70. The molecule has 1 aromatic carbocycles. The van der Waals surface area contributed by atoms with Gasteiger partial charge in [-0.2, -0.15) is 5.10 Å². The van der Waals surface area contributed by atoms with Crippen LogP contribution in [0.4, 0.5) is 5.82 Å². The average Bonchev–Trinajstić information content (AvgIpc) is 3.51. The molecule has 1 aliphatic rings. The molecule has 0 bridgehead atoms. The molecule has 0 spiro atoms. The number of hydrogen-bond donors (Lipinski definition) is 1. The number of aromatic nitrogens is 4. The number of fused-ring (bicyclic) bond motifs is 1. The van der Waals surface area contributed by atoms with E-state index in [-0.39, 0.29) is 17.9 Å². The number of nitrogens with zero attached hydrogens (tertiary/aromatic N) is 5. The number of carbonyl (C=O) groups excluding carboxylic acids is 2. The van der Waals surface area contributed by atoms with Crippen molar-refractivity contribution in [3.8, 4) is 23.1 Å². The van der Waals surface area contributed by atoms with E-state index in [0.29, 0.717) is 35.2 Å². The Morgan fingerprint density at radius 3 is 2.71 bits per heavy atom. The predicted octanol–water partition coefficient (Wildman–Crippen LogP) is 4.20. The zero-order valence-electron chi connectivity index (χ0n) is 18.9. The minimum absolute atomic E-state index is 0.0304. The Labute approximate surface area is 206 Å². The Hall–Kier alpha value is -4.22. The molecule has 0 saturated carbocycles. The van der Waals surface area contributed by atoms with E-state index in [1.807, 2.05) is 22.9 Å². The second-order valence-corrected chi connectivity index (χ2v) is 8.53. The first-order chi connectivity index (χ1) is 17.0. The fourth-order valence-electron chi connectivity index (χ4n) is 4.24. The Kier molecular flexibility index (Phi) is 6.17. The van der Waals surface area contributed by atoms with E-state index in [1.54, 1.807) is 54.7 Å². The number of hydrogen-bond acceptors (Lipinski definition) is 5. The summed E-state index contributed by atoms with van der Waals surface area (Å²) in [7, 11) is 0. The summed E-state index contributed by atoms with van der Waals surface area (Å²) in [5.74, 6) is 5.32. The average molecular weight is 485 g/mol. The van der Waals surface area contributed by atoms with Crippen molar-refractivity contribution in [3.63, 3.8) is 0 Å². The molecule has 35 heavy (non-hydrogen) atoms. The molecule has 5 rings (SSSR count). The zero-order chi connectivity index (χ0) is 24.4. The van der Waals surface area contributed by atoms with Gasteiger partial charge in [-0.3, -0.25) is 19.3 Å². The maximum Gasteiger partial charge on any atom is 0.298 e. The van der Waals surface area contributed by atoms with Crippen molar-refractivity contribution in [3.05, 3.63) is 71.6 Å². The largest absolute Gasteiger partial charge is 0.330 e. The first-order valence-electron chi connectivity index (χ1n) is 11.1. The van der Waals surface area contributed by atoms with Crippen LogP contribution >= 0.6 is 11.6 Å². The molecule has 1 atom stereocenters. The van der Waals surface area contributed by atoms with E-state index >= 15 is 0 Å². The van der Waals surface area contributed by atoms with Crippen LogP contribution in [0.1, 0.15) is 29.7 Å². The Bertz CT molecular complexity index is 1470. The quantitative estimate of drug-likeness (QED) is 0.438. The summed E-state index contributed by atoms with van der Waals surface area (Å²) >= 11 is 6.55. The number of anilines is 1. The molecule has 8 nitrogen and oxygen atoms in total. The first-order valence-corrected chi connectivity index (χ1v) is 11.5. The predicted molar refractivity (Wildman–Crippen MR) is 134 cm³/mol. The van der Waals surface area contributed by atoms with Crippen LogP contribution in [0.3, 0.4) is 0 Å². The number of nitrogens with one attached hydrogen (secondary N) is 1. The van der Waals surface area contributed by atoms with Crippen molar-refractivity contribution in [2.45, 2.75) is 19.4 Å². The highest BCUT2D eigenvalue weighted by atomic mass is 35.5. The third-order valence-electron chi connectivity index (χ3n) is 5.92. The normalized spacial score (nSPS) is 15.0. The van der Waals surface area contributed by atoms with Gasteiger partial charge in [-0.25, -0.2) is 4.98 Å². The van der Waals surface area contributed by atoms with E-state index in [2.05, 4.69) is 27.1 Å². The van der Waals surface area contributed by atoms with Gasteiger partial charge in [0.25, 0.3) is 11.8 Å². The molecule has 3 aromatic heterocycles. The van der Waals surface area contributed by atoms with Crippen molar-refractivity contribution in [1.29, 1.82) is 0 Å². The van der Waals surface area contributed by atoms with Crippen LogP contribution < -0.4 is 5.32 Å². The van der Waals surface area contributed by atoms with Gasteiger partial charge in [-0.1, -0.05) is 35.7 Å². The van der Waals surface area contributed by atoms with Crippen LogP contribution in [0.5, 0.6) is 0 Å². The molecule has 9 heteroatoms. The summed E-state index contributed by atoms with van der Waals surface area (Å²) in [6.45, 7) is 2.77. The number of amides is 2. The lowest BCUT2D eigenvalue weighted by molar-refractivity contribution is -0.124. The van der Waals surface area contributed by atoms with E-state index < -0.39 is 0 Å². The molecule has 4 aromatic rings. The fraction of sp³-hybridized carbons (Fsp3) is 0.192. The first kappa shape index (κ1) is 22.6. The summed E-state index contributed by atoms with van der Waals surface area (Å²) in [5, 5.41) is 8.97. The van der Waals surface area contributed by atoms with Crippen LogP contribution in [0.2, 0.25) is 5.02 Å². The van der Waals surface area contributed by atoms with E-state index in [0.717, 1.165) is 22.9 Å². The zero-order valence-corrected chi connectivity index (χ0v) is 19.7. The maximum absolute atomic E-state index is 12.6. The summed E-state index contributed by atoms with van der Waals surface area (Å²) in [4.78, 5) is 34.9. The fourth-order valence-corrected chi connectivity index (χ4v) is 4.48. The molecule has 1 aliphatic heterocycles. The summed E-state index contributed by atoms with van der Waals surface area (Å²) in [5.41, 5.74) is 2.82. The molecule has 2 amide bonds. The molecule has 1 N–H and O–H groups in total. The molecule has 174 valence electrons. The van der Waals surface area contributed by atoms with Gasteiger partial charge in [0.2, 0.25) is 0 Å². The monoisotopic (exact) mass is 484 g/mol. The Morgan fingerprint density at radius 1 is 1.14 bits per heavy atom. The molecule has 0 aliphatic carbocycles. The standard InChI is InChI=1S/C26H21ClN6O2/c1-2-5-23(34)32-13-11-19(16-32)33-25-20(14-28-15-21(25)27)24(31-33)17-7-9-18(10-8-17)26(35)30-22-6-3-4-12-29-22/h3-4,6-10,12,14-15,19H,11,13,16H2,1H3,(H,29,30,35). The molecule has 0 radical (unpaired) electrons. The molecular formula is C26H21ClN6O2. The van der Waals surface area contributed by atoms with Crippen LogP contribution in [-0.2, 0) is 4.79 Å². The van der Waals surface area contributed by atoms with Gasteiger partial charge in [0.05, 0.1) is 16.6 Å². The Morgan fingerprint density at radius 2 is 1.97 bits per heavy atom. The lowest BCUT2D eigenvalue weighted by atomic mass is 10.1. The SMILES string of the molecule is CC#CC(=O)N1CCC(n2nc(-c3ccc(C(=O)Nc4ccccn4)cc3)c3cncc(Cl)c32)C1. The number of pyridine rings is 2. The van der Waals surface area contributed by atoms with E-state index in [9.17, 15) is 9.59 Å². The smallest absolute Gasteiger partial charge is 0.298 e. The third kappa shape index (κ3) is 4.46. The Balaban J connectivity index is 1.45. The lowest BCUT2D eigenvalue weighted by Crippen LogP contribution is -2.27. The van der Waals surface area contributed by atoms with Gasteiger partial charge >= 0.3 is 0 Å². The summed E-state index contributed by atoms with van der Waals surface area (Å²) in [6, 6.07) is 12.5. The maximum atomic E-state index is 12.6. The summed E-state index contributed by atoms with van der Waals surface area (Å²) < 4.78 is 1.89. The topological polar surface area (TPSA) is 93.0 Å². The number of carbonyl (C=O) groups is 2. The van der Waals surface area contributed by atoms with E-state index in [4.69, 9.17) is 16.7 Å². The van der Waals surface area contributed by atoms with Gasteiger partial charge in [0, 0.05) is 48.2 Å². The number of halogens is 1. The number of benzene rings is 1. The van der Waals surface area contributed by atoms with E-state index in [1.165, 1.54) is 0 Å². The van der Waals surface area contributed by atoms with Gasteiger partial charge in [0.1, 0.15) is 11.5 Å². The number of likely N-dealkylation sites (tertiary alicyclic amines) is 1. The molecule has 1 unspecified atom stereocenters. The third-order valence-corrected chi connectivity index (χ3v) is 6.20. The highest BCUT2D eigenvalue weighted by Gasteiger charge is 2.30. The van der Waals surface area contributed by atoms with Crippen molar-refractivity contribution < 1.29 is 9.59 Å². The van der Waals surface area contributed by atoms with Crippen molar-refractivity contribution in [1.82, 2.24) is 24.6 Å².